The average molecular weight is 479 g/mol. The van der Waals surface area contributed by atoms with E-state index >= 15 is 0 Å². The number of halogens is 1. The van der Waals surface area contributed by atoms with Gasteiger partial charge in [0.05, 0.1) is 17.8 Å². The van der Waals surface area contributed by atoms with E-state index in [-0.39, 0.29) is 29.8 Å². The Morgan fingerprint density at radius 1 is 1.06 bits per heavy atom. The van der Waals surface area contributed by atoms with Gasteiger partial charge in [-0.2, -0.15) is 0 Å². The van der Waals surface area contributed by atoms with Crippen molar-refractivity contribution in [2.45, 2.75) is 25.2 Å². The van der Waals surface area contributed by atoms with Gasteiger partial charge in [0.25, 0.3) is 0 Å². The van der Waals surface area contributed by atoms with Gasteiger partial charge < -0.3 is 10.2 Å². The molecule has 2 aliphatic rings. The molecule has 3 aromatic carbocycles. The topological polar surface area (TPSA) is 75.2 Å². The Kier molecular flexibility index (Phi) is 5.33. The van der Waals surface area contributed by atoms with E-state index in [9.17, 15) is 14.0 Å². The van der Waals surface area contributed by atoms with Crippen molar-refractivity contribution in [1.82, 2.24) is 9.97 Å². The molecule has 4 aromatic rings. The Balaban J connectivity index is 1.24. The first-order valence-electron chi connectivity index (χ1n) is 11.9. The number of amides is 1. The van der Waals surface area contributed by atoms with E-state index in [1.807, 2.05) is 36.4 Å². The Morgan fingerprint density at radius 2 is 1.86 bits per heavy atom. The van der Waals surface area contributed by atoms with Gasteiger partial charge in [-0.3, -0.25) is 9.59 Å². The molecule has 1 amide bonds. The van der Waals surface area contributed by atoms with Crippen LogP contribution in [-0.2, 0) is 17.6 Å². The fourth-order valence-corrected chi connectivity index (χ4v) is 5.12. The van der Waals surface area contributed by atoms with Gasteiger partial charge in [0.1, 0.15) is 5.82 Å². The smallest absolute Gasteiger partial charge is 0.231 e. The summed E-state index contributed by atoms with van der Waals surface area (Å²) in [5.41, 5.74) is 6.39. The summed E-state index contributed by atoms with van der Waals surface area (Å²) in [6, 6.07) is 19.6. The van der Waals surface area contributed by atoms with Crippen molar-refractivity contribution >= 4 is 29.0 Å². The molecule has 2 heterocycles. The molecule has 1 atom stereocenters. The lowest BCUT2D eigenvalue weighted by Crippen LogP contribution is -2.26. The highest BCUT2D eigenvalue weighted by Crippen LogP contribution is 2.37. The molecule has 178 valence electrons. The lowest BCUT2D eigenvalue weighted by Gasteiger charge is -2.16. The molecule has 0 saturated carbocycles. The minimum Gasteiger partial charge on any atom is -0.324 e. The van der Waals surface area contributed by atoms with Crippen molar-refractivity contribution in [1.29, 1.82) is 0 Å². The first kappa shape index (κ1) is 22.1. The number of fused-ring (bicyclic) bond motifs is 4. The van der Waals surface area contributed by atoms with E-state index in [1.165, 1.54) is 12.1 Å². The maximum Gasteiger partial charge on any atom is 0.231 e. The fraction of sp³-hybridized carbons (Fsp3) is 0.172. The van der Waals surface area contributed by atoms with Crippen molar-refractivity contribution in [3.8, 4) is 11.3 Å². The molecular formula is C29H23FN4O2. The summed E-state index contributed by atoms with van der Waals surface area (Å²) >= 11 is 0. The van der Waals surface area contributed by atoms with Crippen LogP contribution < -0.4 is 10.2 Å². The molecule has 0 spiro atoms. The van der Waals surface area contributed by atoms with Crippen molar-refractivity contribution in [3.05, 3.63) is 101 Å². The van der Waals surface area contributed by atoms with Gasteiger partial charge in [0, 0.05) is 41.5 Å². The number of aryl methyl sites for hydroxylation is 1. The van der Waals surface area contributed by atoms with Crippen molar-refractivity contribution in [2.75, 3.05) is 17.3 Å². The molecule has 1 aliphatic heterocycles. The highest BCUT2D eigenvalue weighted by Gasteiger charge is 2.29. The molecule has 0 fully saturated rings. The first-order chi connectivity index (χ1) is 17.5. The third-order valence-electron chi connectivity index (χ3n) is 7.03. The van der Waals surface area contributed by atoms with Crippen LogP contribution in [-0.4, -0.2) is 28.7 Å². The molecule has 7 heteroatoms. The summed E-state index contributed by atoms with van der Waals surface area (Å²) < 4.78 is 13.5. The SMILES string of the molecule is CN1C(=O)Cc2cnc(Nc3ccc(C(=O)C4CCc5cc(F)ccc54)cc3)nc2-c2ccccc21. The highest BCUT2D eigenvalue weighted by molar-refractivity contribution is 6.02. The summed E-state index contributed by atoms with van der Waals surface area (Å²) in [6.45, 7) is 0. The van der Waals surface area contributed by atoms with E-state index in [0.717, 1.165) is 39.3 Å². The van der Waals surface area contributed by atoms with Gasteiger partial charge in [-0.15, -0.1) is 0 Å². The fourth-order valence-electron chi connectivity index (χ4n) is 5.12. The van der Waals surface area contributed by atoms with E-state index in [4.69, 9.17) is 4.98 Å². The summed E-state index contributed by atoms with van der Waals surface area (Å²) in [4.78, 5) is 36.6. The summed E-state index contributed by atoms with van der Waals surface area (Å²) in [5, 5.41) is 3.21. The van der Waals surface area contributed by atoms with Gasteiger partial charge in [-0.1, -0.05) is 24.3 Å². The minimum absolute atomic E-state index is 0.0132. The van der Waals surface area contributed by atoms with Crippen LogP contribution in [0.4, 0.5) is 21.7 Å². The maximum absolute atomic E-state index is 13.5. The van der Waals surface area contributed by atoms with Gasteiger partial charge in [-0.05, 0) is 66.4 Å². The summed E-state index contributed by atoms with van der Waals surface area (Å²) in [5.74, 6) is -0.0709. The molecule has 0 bridgehead atoms. The number of carbonyl (C=O) groups is 2. The molecule has 1 aliphatic carbocycles. The number of nitrogens with zero attached hydrogens (tertiary/aromatic N) is 3. The van der Waals surface area contributed by atoms with Gasteiger partial charge in [0.2, 0.25) is 11.9 Å². The monoisotopic (exact) mass is 478 g/mol. The van der Waals surface area contributed by atoms with Crippen LogP contribution in [0.3, 0.4) is 0 Å². The molecule has 0 radical (unpaired) electrons. The zero-order valence-corrected chi connectivity index (χ0v) is 19.7. The number of anilines is 3. The molecular weight excluding hydrogens is 455 g/mol. The highest BCUT2D eigenvalue weighted by atomic mass is 19.1. The molecule has 1 N–H and O–H groups in total. The largest absolute Gasteiger partial charge is 0.324 e. The molecule has 6 rings (SSSR count). The van der Waals surface area contributed by atoms with Crippen LogP contribution >= 0.6 is 0 Å². The number of carbonyl (C=O) groups excluding carboxylic acids is 2. The second-order valence-electron chi connectivity index (χ2n) is 9.22. The molecule has 1 aromatic heterocycles. The Hall–Kier alpha value is -4.39. The van der Waals surface area contributed by atoms with Crippen molar-refractivity contribution in [2.24, 2.45) is 0 Å². The minimum atomic E-state index is -0.264. The number of benzene rings is 3. The molecule has 1 unspecified atom stereocenters. The lowest BCUT2D eigenvalue weighted by atomic mass is 9.92. The second kappa shape index (κ2) is 8.68. The average Bonchev–Trinajstić information content (AvgIpc) is 3.28. The molecule has 6 nitrogen and oxygen atoms in total. The standard InChI is InChI=1S/C29H23FN4O2/c1-34-25-5-3-2-4-24(25)27-19(15-26(34)35)16-31-29(33-27)32-21-10-6-17(7-11-21)28(36)23-12-8-18-14-20(30)9-13-22(18)23/h2-7,9-11,13-14,16,23H,8,12,15H2,1H3,(H,31,32,33). The zero-order chi connectivity index (χ0) is 24.8. The molecule has 36 heavy (non-hydrogen) atoms. The van der Waals surface area contributed by atoms with Crippen LogP contribution in [0.2, 0.25) is 0 Å². The molecule has 0 saturated heterocycles. The predicted octanol–water partition coefficient (Wildman–Crippen LogP) is 5.46. The number of rotatable bonds is 4. The zero-order valence-electron chi connectivity index (χ0n) is 19.7. The van der Waals surface area contributed by atoms with Crippen molar-refractivity contribution in [3.63, 3.8) is 0 Å². The third kappa shape index (κ3) is 3.82. The summed E-state index contributed by atoms with van der Waals surface area (Å²) in [7, 11) is 1.77. The van der Waals surface area contributed by atoms with Crippen molar-refractivity contribution < 1.29 is 14.0 Å². The van der Waals surface area contributed by atoms with Gasteiger partial charge in [0.15, 0.2) is 5.78 Å². The normalized spacial score (nSPS) is 16.1. The van der Waals surface area contributed by atoms with Crippen LogP contribution in [0.5, 0.6) is 0 Å². The Bertz CT molecular complexity index is 1520. The van der Waals surface area contributed by atoms with E-state index < -0.39 is 0 Å². The number of Topliss-reactive ketones (excluding diaryl/α,β-unsaturated/α-hetero) is 1. The Labute approximate surface area is 207 Å². The van der Waals surface area contributed by atoms with Gasteiger partial charge >= 0.3 is 0 Å². The number of hydrogen-bond donors (Lipinski definition) is 1. The number of hydrogen-bond acceptors (Lipinski definition) is 5. The quantitative estimate of drug-likeness (QED) is 0.395. The Morgan fingerprint density at radius 3 is 2.69 bits per heavy atom. The predicted molar refractivity (Wildman–Crippen MR) is 136 cm³/mol. The van der Waals surface area contributed by atoms with E-state index in [2.05, 4.69) is 10.3 Å². The van der Waals surface area contributed by atoms with Crippen LogP contribution in [0.1, 0.15) is 39.4 Å². The number of likely N-dealkylation sites (N-methyl/N-ethyl adjacent to an activating group) is 1. The number of aromatic nitrogens is 2. The van der Waals surface area contributed by atoms with Crippen LogP contribution in [0, 0.1) is 5.82 Å². The van der Waals surface area contributed by atoms with E-state index in [1.54, 1.807) is 36.3 Å². The number of nitrogens with one attached hydrogen (secondary N) is 1. The van der Waals surface area contributed by atoms with Crippen LogP contribution in [0.15, 0.2) is 72.9 Å². The van der Waals surface area contributed by atoms with E-state index in [0.29, 0.717) is 24.4 Å². The summed E-state index contributed by atoms with van der Waals surface area (Å²) in [6.07, 6.45) is 3.33. The van der Waals surface area contributed by atoms with Crippen LogP contribution in [0.25, 0.3) is 11.3 Å². The van der Waals surface area contributed by atoms with Gasteiger partial charge in [-0.25, -0.2) is 14.4 Å². The first-order valence-corrected chi connectivity index (χ1v) is 11.9. The number of ketones is 1. The lowest BCUT2D eigenvalue weighted by molar-refractivity contribution is -0.117. The third-order valence-corrected chi connectivity index (χ3v) is 7.03. The maximum atomic E-state index is 13.5. The number of para-hydroxylation sites is 1. The second-order valence-corrected chi connectivity index (χ2v) is 9.22.